The molecule has 0 bridgehead atoms. The van der Waals surface area contributed by atoms with E-state index in [2.05, 4.69) is 27.3 Å². The summed E-state index contributed by atoms with van der Waals surface area (Å²) < 4.78 is 6.17. The van der Waals surface area contributed by atoms with E-state index in [9.17, 15) is 9.59 Å². The molecule has 0 saturated carbocycles. The lowest BCUT2D eigenvalue weighted by molar-refractivity contribution is -0.154. The zero-order chi connectivity index (χ0) is 17.4. The van der Waals surface area contributed by atoms with Crippen molar-refractivity contribution in [2.75, 3.05) is 6.54 Å². The van der Waals surface area contributed by atoms with Gasteiger partial charge in [0, 0.05) is 11.0 Å². The Morgan fingerprint density at radius 3 is 2.67 bits per heavy atom. The highest BCUT2D eigenvalue weighted by Gasteiger charge is 2.17. The van der Waals surface area contributed by atoms with Gasteiger partial charge in [0.2, 0.25) is 0 Å². The van der Waals surface area contributed by atoms with Gasteiger partial charge in [-0.1, -0.05) is 39.7 Å². The largest absolute Gasteiger partial charge is 0.452 e. The standard InChI is InChI=1S/C19H24BrNO3/c1-14(19(23)21-12-11-15-5-3-2-4-6-15)24-18(22)13-16-7-9-17(20)10-8-16/h5,7-10,14H,2-4,6,11-13H2,1H3,(H,21,23)/t14-/m1/s1. The van der Waals surface area contributed by atoms with Crippen LogP contribution >= 0.6 is 15.9 Å². The highest BCUT2D eigenvalue weighted by molar-refractivity contribution is 9.10. The van der Waals surface area contributed by atoms with Crippen molar-refractivity contribution in [1.29, 1.82) is 0 Å². The molecule has 1 aromatic carbocycles. The highest BCUT2D eigenvalue weighted by atomic mass is 79.9. The SMILES string of the molecule is C[C@@H](OC(=O)Cc1ccc(Br)cc1)C(=O)NCCC1=CCCCC1. The molecule has 1 aliphatic rings. The van der Waals surface area contributed by atoms with Crippen LogP contribution in [0, 0.1) is 0 Å². The molecule has 2 rings (SSSR count). The van der Waals surface area contributed by atoms with Crippen LogP contribution in [0.25, 0.3) is 0 Å². The highest BCUT2D eigenvalue weighted by Crippen LogP contribution is 2.19. The summed E-state index contributed by atoms with van der Waals surface area (Å²) in [6, 6.07) is 7.46. The molecule has 130 valence electrons. The smallest absolute Gasteiger partial charge is 0.311 e. The molecule has 1 N–H and O–H groups in total. The summed E-state index contributed by atoms with van der Waals surface area (Å²) in [7, 11) is 0. The molecular weight excluding hydrogens is 370 g/mol. The number of amides is 1. The lowest BCUT2D eigenvalue weighted by atomic mass is 9.97. The van der Waals surface area contributed by atoms with Gasteiger partial charge in [-0.15, -0.1) is 0 Å². The first-order chi connectivity index (χ1) is 11.5. The molecule has 5 heteroatoms. The second-order valence-corrected chi connectivity index (χ2v) is 7.00. The summed E-state index contributed by atoms with van der Waals surface area (Å²) in [5.74, 6) is -0.634. The Labute approximate surface area is 151 Å². The van der Waals surface area contributed by atoms with Gasteiger partial charge >= 0.3 is 5.97 Å². The molecule has 4 nitrogen and oxygen atoms in total. The van der Waals surface area contributed by atoms with Crippen LogP contribution in [-0.2, 0) is 20.7 Å². The number of ether oxygens (including phenoxy) is 1. The third-order valence-corrected chi connectivity index (χ3v) is 4.60. The second kappa shape index (κ2) is 9.62. The van der Waals surface area contributed by atoms with Gasteiger partial charge in [0.15, 0.2) is 6.10 Å². The van der Waals surface area contributed by atoms with Gasteiger partial charge in [0.05, 0.1) is 6.42 Å². The van der Waals surface area contributed by atoms with Gasteiger partial charge in [0.25, 0.3) is 5.91 Å². The third-order valence-electron chi connectivity index (χ3n) is 4.07. The predicted molar refractivity (Wildman–Crippen MR) is 97.6 cm³/mol. The van der Waals surface area contributed by atoms with Crippen LogP contribution in [0.5, 0.6) is 0 Å². The molecule has 0 radical (unpaired) electrons. The molecule has 1 aromatic rings. The number of allylic oxidation sites excluding steroid dienone is 1. The molecule has 0 saturated heterocycles. The number of nitrogens with one attached hydrogen (secondary N) is 1. The van der Waals surface area contributed by atoms with Crippen molar-refractivity contribution in [1.82, 2.24) is 5.32 Å². The Morgan fingerprint density at radius 2 is 2.00 bits per heavy atom. The van der Waals surface area contributed by atoms with Crippen molar-refractivity contribution in [2.45, 2.75) is 51.6 Å². The first-order valence-corrected chi connectivity index (χ1v) is 9.23. The number of esters is 1. The predicted octanol–water partition coefficient (Wildman–Crippen LogP) is 3.93. The van der Waals surface area contributed by atoms with Gasteiger partial charge in [0.1, 0.15) is 0 Å². The monoisotopic (exact) mass is 393 g/mol. The van der Waals surface area contributed by atoms with Crippen molar-refractivity contribution in [2.24, 2.45) is 0 Å². The minimum Gasteiger partial charge on any atom is -0.452 e. The molecule has 0 fully saturated rings. The maximum atomic E-state index is 12.0. The van der Waals surface area contributed by atoms with Crippen LogP contribution in [0.2, 0.25) is 0 Å². The van der Waals surface area contributed by atoms with Crippen molar-refractivity contribution >= 4 is 27.8 Å². The lowest BCUT2D eigenvalue weighted by Gasteiger charge is -2.15. The average Bonchev–Trinajstić information content (AvgIpc) is 2.57. The average molecular weight is 394 g/mol. The van der Waals surface area contributed by atoms with E-state index in [-0.39, 0.29) is 12.3 Å². The van der Waals surface area contributed by atoms with Crippen LogP contribution in [0.3, 0.4) is 0 Å². The number of rotatable bonds is 7. The fourth-order valence-electron chi connectivity index (χ4n) is 2.68. The van der Waals surface area contributed by atoms with Gasteiger partial charge in [-0.05, 0) is 56.7 Å². The number of carbonyl (C=O) groups is 2. The summed E-state index contributed by atoms with van der Waals surface area (Å²) in [4.78, 5) is 23.9. The number of benzene rings is 1. The maximum absolute atomic E-state index is 12.0. The summed E-state index contributed by atoms with van der Waals surface area (Å²) in [5, 5.41) is 2.84. The molecule has 0 heterocycles. The Kier molecular flexibility index (Phi) is 7.50. The molecule has 1 amide bonds. The topological polar surface area (TPSA) is 55.4 Å². The van der Waals surface area contributed by atoms with Gasteiger partial charge in [-0.25, -0.2) is 0 Å². The van der Waals surface area contributed by atoms with Gasteiger partial charge < -0.3 is 10.1 Å². The van der Waals surface area contributed by atoms with E-state index in [0.29, 0.717) is 6.54 Å². The third kappa shape index (κ3) is 6.48. The zero-order valence-corrected chi connectivity index (χ0v) is 15.6. The van der Waals surface area contributed by atoms with Crippen molar-refractivity contribution in [3.05, 3.63) is 46.0 Å². The summed E-state index contributed by atoms with van der Waals surface area (Å²) in [6.45, 7) is 2.20. The van der Waals surface area contributed by atoms with E-state index in [1.165, 1.54) is 18.4 Å². The van der Waals surface area contributed by atoms with Crippen LogP contribution in [0.15, 0.2) is 40.4 Å². The zero-order valence-electron chi connectivity index (χ0n) is 14.0. The molecule has 0 aliphatic heterocycles. The van der Waals surface area contributed by atoms with Crippen LogP contribution in [0.4, 0.5) is 0 Å². The van der Waals surface area contributed by atoms with E-state index in [4.69, 9.17) is 4.74 Å². The van der Waals surface area contributed by atoms with Crippen molar-refractivity contribution < 1.29 is 14.3 Å². The summed E-state index contributed by atoms with van der Waals surface area (Å²) in [5.41, 5.74) is 2.28. The van der Waals surface area contributed by atoms with E-state index in [1.54, 1.807) is 6.92 Å². The Bertz CT molecular complexity index is 595. The van der Waals surface area contributed by atoms with Crippen LogP contribution in [-0.4, -0.2) is 24.5 Å². The Balaban J connectivity index is 1.69. The minimum atomic E-state index is -0.770. The fraction of sp³-hybridized carbons (Fsp3) is 0.474. The van der Waals surface area contributed by atoms with E-state index in [0.717, 1.165) is 29.3 Å². The molecule has 0 unspecified atom stereocenters. The summed E-state index contributed by atoms with van der Waals surface area (Å²) >= 11 is 3.35. The molecule has 1 atom stereocenters. The number of hydrogen-bond donors (Lipinski definition) is 1. The number of halogens is 1. The Morgan fingerprint density at radius 1 is 1.25 bits per heavy atom. The molecule has 0 aromatic heterocycles. The quantitative estimate of drug-likeness (QED) is 0.563. The van der Waals surface area contributed by atoms with E-state index < -0.39 is 12.1 Å². The fourth-order valence-corrected chi connectivity index (χ4v) is 2.95. The first kappa shape index (κ1) is 18.7. The van der Waals surface area contributed by atoms with Crippen molar-refractivity contribution in [3.8, 4) is 0 Å². The Hall–Kier alpha value is -1.62. The van der Waals surface area contributed by atoms with Crippen molar-refractivity contribution in [3.63, 3.8) is 0 Å². The molecular formula is C19H24BrNO3. The normalized spacial score (nSPS) is 15.3. The molecule has 1 aliphatic carbocycles. The van der Waals surface area contributed by atoms with Gasteiger partial charge in [-0.3, -0.25) is 9.59 Å². The first-order valence-electron chi connectivity index (χ1n) is 8.44. The molecule has 24 heavy (non-hydrogen) atoms. The van der Waals surface area contributed by atoms with E-state index >= 15 is 0 Å². The second-order valence-electron chi connectivity index (χ2n) is 6.08. The van der Waals surface area contributed by atoms with Crippen LogP contribution in [0.1, 0.15) is 44.6 Å². The maximum Gasteiger partial charge on any atom is 0.311 e. The minimum absolute atomic E-state index is 0.164. The van der Waals surface area contributed by atoms with E-state index in [1.807, 2.05) is 24.3 Å². The number of carbonyl (C=O) groups excluding carboxylic acids is 2. The van der Waals surface area contributed by atoms with Gasteiger partial charge in [-0.2, -0.15) is 0 Å². The summed E-state index contributed by atoms with van der Waals surface area (Å²) in [6.07, 6.45) is 7.33. The lowest BCUT2D eigenvalue weighted by Crippen LogP contribution is -2.36. The number of hydrogen-bond acceptors (Lipinski definition) is 3. The molecule has 0 spiro atoms. The van der Waals surface area contributed by atoms with Crippen LogP contribution < -0.4 is 5.32 Å².